The third-order valence-electron chi connectivity index (χ3n) is 6.60. The minimum Gasteiger partial charge on any atom is -0.313 e. The number of benzene rings is 2. The van der Waals surface area contributed by atoms with Gasteiger partial charge in [0.15, 0.2) is 5.78 Å². The molecule has 0 bridgehead atoms. The fourth-order valence-electron chi connectivity index (χ4n) is 4.51. The quantitative estimate of drug-likeness (QED) is 0.716. The highest BCUT2D eigenvalue weighted by molar-refractivity contribution is 5.97. The molecule has 0 spiro atoms. The average Bonchev–Trinajstić information content (AvgIpc) is 3.61. The van der Waals surface area contributed by atoms with Gasteiger partial charge in [-0.25, -0.2) is 0 Å². The molecule has 2 unspecified atom stereocenters. The van der Waals surface area contributed by atoms with Crippen LogP contribution in [0.1, 0.15) is 70.6 Å². The van der Waals surface area contributed by atoms with E-state index in [-0.39, 0.29) is 5.78 Å². The SMILES string of the molecule is O=C(Cc1ccc(C2CC2NCC2CC2)cc1)c1ccc2c(c1)CCCC2. The third-order valence-corrected chi connectivity index (χ3v) is 6.60. The van der Waals surface area contributed by atoms with Crippen LogP contribution in [-0.2, 0) is 19.3 Å². The maximum Gasteiger partial charge on any atom is 0.167 e. The van der Waals surface area contributed by atoms with E-state index in [2.05, 4.69) is 41.7 Å². The van der Waals surface area contributed by atoms with E-state index in [9.17, 15) is 4.79 Å². The van der Waals surface area contributed by atoms with Crippen molar-refractivity contribution in [3.05, 3.63) is 70.3 Å². The second-order valence-electron chi connectivity index (χ2n) is 8.83. The van der Waals surface area contributed by atoms with Crippen molar-refractivity contribution in [3.8, 4) is 0 Å². The Morgan fingerprint density at radius 1 is 0.963 bits per heavy atom. The Morgan fingerprint density at radius 3 is 2.52 bits per heavy atom. The molecule has 2 atom stereocenters. The monoisotopic (exact) mass is 359 g/mol. The van der Waals surface area contributed by atoms with E-state index in [4.69, 9.17) is 0 Å². The van der Waals surface area contributed by atoms with Crippen molar-refractivity contribution in [3.63, 3.8) is 0 Å². The van der Waals surface area contributed by atoms with Gasteiger partial charge in [0.1, 0.15) is 0 Å². The number of hydrogen-bond acceptors (Lipinski definition) is 2. The minimum atomic E-state index is 0.242. The first-order chi connectivity index (χ1) is 13.3. The van der Waals surface area contributed by atoms with Crippen LogP contribution in [0.4, 0.5) is 0 Å². The Labute approximate surface area is 162 Å². The summed E-state index contributed by atoms with van der Waals surface area (Å²) in [6.45, 7) is 1.20. The van der Waals surface area contributed by atoms with Crippen molar-refractivity contribution in [1.82, 2.24) is 5.32 Å². The van der Waals surface area contributed by atoms with E-state index in [1.807, 2.05) is 6.07 Å². The normalized spacial score (nSPS) is 23.7. The molecular weight excluding hydrogens is 330 g/mol. The zero-order chi connectivity index (χ0) is 18.2. The van der Waals surface area contributed by atoms with Gasteiger partial charge in [-0.3, -0.25) is 4.79 Å². The molecule has 2 aromatic rings. The second-order valence-corrected chi connectivity index (χ2v) is 8.83. The van der Waals surface area contributed by atoms with Gasteiger partial charge in [-0.1, -0.05) is 36.4 Å². The Kier molecular flexibility index (Phi) is 4.61. The van der Waals surface area contributed by atoms with Crippen molar-refractivity contribution in [2.24, 2.45) is 5.92 Å². The number of rotatable bonds is 7. The maximum atomic E-state index is 12.7. The van der Waals surface area contributed by atoms with Gasteiger partial charge in [0, 0.05) is 23.9 Å². The maximum absolute atomic E-state index is 12.7. The van der Waals surface area contributed by atoms with E-state index in [1.54, 1.807) is 0 Å². The predicted molar refractivity (Wildman–Crippen MR) is 109 cm³/mol. The molecule has 27 heavy (non-hydrogen) atoms. The predicted octanol–water partition coefficient (Wildman–Crippen LogP) is 4.85. The highest BCUT2D eigenvalue weighted by Gasteiger charge is 2.38. The van der Waals surface area contributed by atoms with E-state index in [0.717, 1.165) is 23.5 Å². The van der Waals surface area contributed by atoms with Gasteiger partial charge in [-0.05, 0) is 85.7 Å². The summed E-state index contributed by atoms with van der Waals surface area (Å²) in [4.78, 5) is 12.7. The summed E-state index contributed by atoms with van der Waals surface area (Å²) in [5, 5.41) is 3.71. The first-order valence-corrected chi connectivity index (χ1v) is 10.7. The molecule has 0 heterocycles. The number of aryl methyl sites for hydroxylation is 2. The van der Waals surface area contributed by atoms with Crippen LogP contribution in [0.15, 0.2) is 42.5 Å². The van der Waals surface area contributed by atoms with Crippen molar-refractivity contribution >= 4 is 5.78 Å². The molecule has 5 rings (SSSR count). The first-order valence-electron chi connectivity index (χ1n) is 10.7. The van der Waals surface area contributed by atoms with Crippen LogP contribution in [0.5, 0.6) is 0 Å². The molecule has 0 radical (unpaired) electrons. The lowest BCUT2D eigenvalue weighted by molar-refractivity contribution is 0.0993. The Hall–Kier alpha value is -1.93. The minimum absolute atomic E-state index is 0.242. The summed E-state index contributed by atoms with van der Waals surface area (Å²) >= 11 is 0. The molecule has 3 aliphatic carbocycles. The number of nitrogens with one attached hydrogen (secondary N) is 1. The molecule has 2 heteroatoms. The summed E-state index contributed by atoms with van der Waals surface area (Å²) in [6, 6.07) is 15.8. The van der Waals surface area contributed by atoms with E-state index in [0.29, 0.717) is 18.4 Å². The number of carbonyl (C=O) groups is 1. The summed E-state index contributed by atoms with van der Waals surface area (Å²) in [6.07, 6.45) is 9.43. The average molecular weight is 360 g/mol. The summed E-state index contributed by atoms with van der Waals surface area (Å²) in [5.41, 5.74) is 6.27. The zero-order valence-electron chi connectivity index (χ0n) is 16.0. The summed E-state index contributed by atoms with van der Waals surface area (Å²) in [5.74, 6) is 1.86. The van der Waals surface area contributed by atoms with Gasteiger partial charge in [0.05, 0.1) is 0 Å². The van der Waals surface area contributed by atoms with Crippen molar-refractivity contribution in [2.75, 3.05) is 6.54 Å². The fourth-order valence-corrected chi connectivity index (χ4v) is 4.51. The molecule has 2 saturated carbocycles. The van der Waals surface area contributed by atoms with Crippen molar-refractivity contribution < 1.29 is 4.79 Å². The lowest BCUT2D eigenvalue weighted by Gasteiger charge is -2.16. The molecule has 3 aliphatic rings. The molecule has 140 valence electrons. The number of hydrogen-bond donors (Lipinski definition) is 1. The largest absolute Gasteiger partial charge is 0.313 e. The molecule has 2 fully saturated rings. The summed E-state index contributed by atoms with van der Waals surface area (Å²) in [7, 11) is 0. The highest BCUT2D eigenvalue weighted by atomic mass is 16.1. The first kappa shape index (κ1) is 17.2. The number of carbonyl (C=O) groups excluding carboxylic acids is 1. The highest BCUT2D eigenvalue weighted by Crippen LogP contribution is 2.41. The third kappa shape index (κ3) is 4.01. The van der Waals surface area contributed by atoms with Crippen LogP contribution in [0.3, 0.4) is 0 Å². The topological polar surface area (TPSA) is 29.1 Å². The van der Waals surface area contributed by atoms with Crippen LogP contribution in [0.2, 0.25) is 0 Å². The Morgan fingerprint density at radius 2 is 1.74 bits per heavy atom. The van der Waals surface area contributed by atoms with Crippen molar-refractivity contribution in [1.29, 1.82) is 0 Å². The number of Topliss-reactive ketones (excluding diaryl/α,β-unsaturated/α-hetero) is 1. The van der Waals surface area contributed by atoms with Crippen LogP contribution < -0.4 is 5.32 Å². The molecule has 2 nitrogen and oxygen atoms in total. The molecular formula is C25H29NO. The van der Waals surface area contributed by atoms with Crippen LogP contribution >= 0.6 is 0 Å². The van der Waals surface area contributed by atoms with Gasteiger partial charge >= 0.3 is 0 Å². The van der Waals surface area contributed by atoms with Crippen molar-refractivity contribution in [2.45, 2.75) is 63.3 Å². The molecule has 0 saturated heterocycles. The van der Waals surface area contributed by atoms with Gasteiger partial charge in [-0.15, -0.1) is 0 Å². The standard InChI is InChI=1S/C25H29NO/c27-25(22-12-11-19-3-1-2-4-21(19)14-22)13-17-7-9-20(10-8-17)23-15-24(23)26-16-18-5-6-18/h7-12,14,18,23-24,26H,1-6,13,15-16H2. The smallest absolute Gasteiger partial charge is 0.167 e. The van der Waals surface area contributed by atoms with E-state index in [1.165, 1.54) is 61.8 Å². The molecule has 2 aromatic carbocycles. The van der Waals surface area contributed by atoms with E-state index >= 15 is 0 Å². The molecule has 1 N–H and O–H groups in total. The van der Waals surface area contributed by atoms with Crippen LogP contribution in [-0.4, -0.2) is 18.4 Å². The van der Waals surface area contributed by atoms with Gasteiger partial charge in [0.2, 0.25) is 0 Å². The summed E-state index contributed by atoms with van der Waals surface area (Å²) < 4.78 is 0. The molecule has 0 aliphatic heterocycles. The number of fused-ring (bicyclic) bond motifs is 1. The zero-order valence-corrected chi connectivity index (χ0v) is 16.0. The second kappa shape index (κ2) is 7.24. The van der Waals surface area contributed by atoms with Gasteiger partial charge < -0.3 is 5.32 Å². The van der Waals surface area contributed by atoms with Gasteiger partial charge in [0.25, 0.3) is 0 Å². The Bertz CT molecular complexity index is 834. The van der Waals surface area contributed by atoms with Crippen LogP contribution in [0, 0.1) is 5.92 Å². The van der Waals surface area contributed by atoms with Gasteiger partial charge in [-0.2, -0.15) is 0 Å². The fraction of sp³-hybridized carbons (Fsp3) is 0.480. The molecule has 0 amide bonds. The lowest BCUT2D eigenvalue weighted by atomic mass is 9.89. The molecule has 0 aromatic heterocycles. The number of ketones is 1. The Balaban J connectivity index is 1.19. The van der Waals surface area contributed by atoms with Crippen LogP contribution in [0.25, 0.3) is 0 Å². The van der Waals surface area contributed by atoms with E-state index < -0.39 is 0 Å². The lowest BCUT2D eigenvalue weighted by Crippen LogP contribution is -2.20.